The summed E-state index contributed by atoms with van der Waals surface area (Å²) < 4.78 is 0. The maximum Gasteiger partial charge on any atom is 0.129 e. The molecular weight excluding hydrogens is 272 g/mol. The van der Waals surface area contributed by atoms with Gasteiger partial charge >= 0.3 is 0 Å². The molecule has 0 spiro atoms. The van der Waals surface area contributed by atoms with Gasteiger partial charge in [0.05, 0.1) is 11.1 Å². The zero-order chi connectivity index (χ0) is 14.3. The summed E-state index contributed by atoms with van der Waals surface area (Å²) in [5, 5.41) is 11.9. The van der Waals surface area contributed by atoms with Crippen molar-refractivity contribution in [3.05, 3.63) is 35.4 Å². The van der Waals surface area contributed by atoms with E-state index < -0.39 is 5.60 Å². The van der Waals surface area contributed by atoms with Gasteiger partial charge in [0.15, 0.2) is 0 Å². The summed E-state index contributed by atoms with van der Waals surface area (Å²) in [5.41, 5.74) is 0.331. The molecule has 1 atom stereocenters. The molecule has 0 bridgehead atoms. The molecule has 0 aliphatic carbocycles. The fourth-order valence-electron chi connectivity index (χ4n) is 2.81. The highest BCUT2D eigenvalue weighted by molar-refractivity contribution is 6.31. The third-order valence-electron chi connectivity index (χ3n) is 4.15. The van der Waals surface area contributed by atoms with Crippen LogP contribution >= 0.6 is 11.6 Å². The van der Waals surface area contributed by atoms with Crippen molar-refractivity contribution in [2.45, 2.75) is 25.9 Å². The molecule has 3 nitrogen and oxygen atoms in total. The van der Waals surface area contributed by atoms with Crippen LogP contribution in [-0.2, 0) is 0 Å². The number of benzene rings is 1. The van der Waals surface area contributed by atoms with E-state index in [-0.39, 0.29) is 0 Å². The summed E-state index contributed by atoms with van der Waals surface area (Å²) in [6, 6.07) is 9.83. The highest BCUT2D eigenvalue weighted by atomic mass is 35.5. The quantitative estimate of drug-likeness (QED) is 0.920. The lowest BCUT2D eigenvalue weighted by atomic mass is 9.90. The van der Waals surface area contributed by atoms with Gasteiger partial charge in [-0.15, -0.1) is 0 Å². The van der Waals surface area contributed by atoms with Crippen LogP contribution in [0, 0.1) is 5.92 Å². The van der Waals surface area contributed by atoms with Crippen molar-refractivity contribution in [1.29, 1.82) is 0 Å². The van der Waals surface area contributed by atoms with Crippen molar-refractivity contribution in [3.8, 4) is 0 Å². The van der Waals surface area contributed by atoms with Gasteiger partial charge in [-0.25, -0.2) is 4.98 Å². The maximum atomic E-state index is 10.1. The van der Waals surface area contributed by atoms with E-state index in [1.54, 1.807) is 0 Å². The highest BCUT2D eigenvalue weighted by Gasteiger charge is 2.33. The molecule has 0 saturated carbocycles. The molecule has 1 saturated heterocycles. The number of nitrogens with zero attached hydrogens (tertiary/aromatic N) is 2. The molecule has 1 aromatic carbocycles. The predicted molar refractivity (Wildman–Crippen MR) is 83.4 cm³/mol. The van der Waals surface area contributed by atoms with Crippen LogP contribution in [0.25, 0.3) is 10.9 Å². The van der Waals surface area contributed by atoms with E-state index in [4.69, 9.17) is 16.6 Å². The monoisotopic (exact) mass is 290 g/mol. The number of hydrogen-bond acceptors (Lipinski definition) is 3. The van der Waals surface area contributed by atoms with Crippen molar-refractivity contribution in [3.63, 3.8) is 0 Å². The molecule has 0 amide bonds. The van der Waals surface area contributed by atoms with E-state index in [1.807, 2.05) is 38.1 Å². The van der Waals surface area contributed by atoms with Crippen LogP contribution < -0.4 is 4.90 Å². The van der Waals surface area contributed by atoms with Gasteiger partial charge in [0.2, 0.25) is 0 Å². The topological polar surface area (TPSA) is 36.4 Å². The standard InChI is InChI=1S/C16H19ClN2O/c1-16(2,20)12-7-8-19(10-12)15-6-3-11-9-13(17)4-5-14(11)18-15/h3-6,9,12,20H,7-8,10H2,1-2H3/t12-/m0/s1. The smallest absolute Gasteiger partial charge is 0.129 e. The van der Waals surface area contributed by atoms with Gasteiger partial charge in [0, 0.05) is 29.4 Å². The number of hydrogen-bond donors (Lipinski definition) is 1. The Labute approximate surface area is 124 Å². The van der Waals surface area contributed by atoms with Crippen LogP contribution in [0.1, 0.15) is 20.3 Å². The number of rotatable bonds is 2. The fourth-order valence-corrected chi connectivity index (χ4v) is 2.99. The SMILES string of the molecule is CC(C)(O)[C@H]1CCN(c2ccc3cc(Cl)ccc3n2)C1. The van der Waals surface area contributed by atoms with E-state index in [1.165, 1.54) is 0 Å². The van der Waals surface area contributed by atoms with Gasteiger partial charge in [-0.05, 0) is 50.6 Å². The molecule has 1 aromatic heterocycles. The Hall–Kier alpha value is -1.32. The average Bonchev–Trinajstić information content (AvgIpc) is 2.87. The number of aromatic nitrogens is 1. The van der Waals surface area contributed by atoms with E-state index in [9.17, 15) is 5.11 Å². The molecular formula is C16H19ClN2O. The first kappa shape index (κ1) is 13.7. The first-order valence-electron chi connectivity index (χ1n) is 6.97. The highest BCUT2D eigenvalue weighted by Crippen LogP contribution is 2.30. The number of fused-ring (bicyclic) bond motifs is 1. The molecule has 20 heavy (non-hydrogen) atoms. The van der Waals surface area contributed by atoms with Crippen LogP contribution in [0.3, 0.4) is 0 Å². The Bertz CT molecular complexity index is 636. The number of halogens is 1. The molecule has 1 N–H and O–H groups in total. The molecule has 3 rings (SSSR count). The Balaban J connectivity index is 1.87. The molecule has 106 valence electrons. The van der Waals surface area contributed by atoms with Gasteiger partial charge in [0.1, 0.15) is 5.82 Å². The van der Waals surface area contributed by atoms with Crippen LogP contribution in [0.5, 0.6) is 0 Å². The molecule has 0 unspecified atom stereocenters. The first-order chi connectivity index (χ1) is 9.43. The normalized spacial score (nSPS) is 19.8. The second-order valence-corrected chi connectivity index (χ2v) is 6.53. The van der Waals surface area contributed by atoms with Gasteiger partial charge in [-0.2, -0.15) is 0 Å². The molecule has 1 aliphatic rings. The van der Waals surface area contributed by atoms with Crippen molar-refractivity contribution in [1.82, 2.24) is 4.98 Å². The summed E-state index contributed by atoms with van der Waals surface area (Å²) in [6.07, 6.45) is 1.00. The maximum absolute atomic E-state index is 10.1. The van der Waals surface area contributed by atoms with E-state index >= 15 is 0 Å². The molecule has 1 fully saturated rings. The molecule has 4 heteroatoms. The zero-order valence-corrected chi connectivity index (χ0v) is 12.6. The Morgan fingerprint density at radius 3 is 2.80 bits per heavy atom. The van der Waals surface area contributed by atoms with Crippen molar-refractivity contribution in [2.75, 3.05) is 18.0 Å². The second kappa shape index (κ2) is 4.90. The lowest BCUT2D eigenvalue weighted by Gasteiger charge is -2.26. The molecule has 0 radical (unpaired) electrons. The van der Waals surface area contributed by atoms with Crippen molar-refractivity contribution < 1.29 is 5.11 Å². The zero-order valence-electron chi connectivity index (χ0n) is 11.8. The average molecular weight is 291 g/mol. The van der Waals surface area contributed by atoms with Gasteiger partial charge in [0.25, 0.3) is 0 Å². The van der Waals surface area contributed by atoms with Crippen molar-refractivity contribution >= 4 is 28.3 Å². The summed E-state index contributed by atoms with van der Waals surface area (Å²) in [6.45, 7) is 5.57. The van der Waals surface area contributed by atoms with Crippen LogP contribution in [0.4, 0.5) is 5.82 Å². The summed E-state index contributed by atoms with van der Waals surface area (Å²) in [4.78, 5) is 6.95. The first-order valence-corrected chi connectivity index (χ1v) is 7.35. The molecule has 2 heterocycles. The lowest BCUT2D eigenvalue weighted by molar-refractivity contribution is 0.0263. The van der Waals surface area contributed by atoms with Crippen molar-refractivity contribution in [2.24, 2.45) is 5.92 Å². The summed E-state index contributed by atoms with van der Waals surface area (Å²) in [5.74, 6) is 1.27. The minimum Gasteiger partial charge on any atom is -0.390 e. The van der Waals surface area contributed by atoms with Crippen LogP contribution in [-0.4, -0.2) is 28.8 Å². The second-order valence-electron chi connectivity index (χ2n) is 6.09. The predicted octanol–water partition coefficient (Wildman–Crippen LogP) is 3.49. The minimum atomic E-state index is -0.626. The number of aliphatic hydroxyl groups is 1. The Morgan fingerprint density at radius 2 is 2.10 bits per heavy atom. The number of pyridine rings is 1. The number of anilines is 1. The summed E-state index contributed by atoms with van der Waals surface area (Å²) in [7, 11) is 0. The largest absolute Gasteiger partial charge is 0.390 e. The Kier molecular flexibility index (Phi) is 3.35. The lowest BCUT2D eigenvalue weighted by Crippen LogP contribution is -2.33. The summed E-state index contributed by atoms with van der Waals surface area (Å²) >= 11 is 5.99. The minimum absolute atomic E-state index is 0.296. The fraction of sp³-hybridized carbons (Fsp3) is 0.438. The third-order valence-corrected chi connectivity index (χ3v) is 4.38. The van der Waals surface area contributed by atoms with E-state index in [2.05, 4.69) is 11.0 Å². The van der Waals surface area contributed by atoms with Gasteiger partial charge < -0.3 is 10.0 Å². The van der Waals surface area contributed by atoms with Crippen LogP contribution in [0.15, 0.2) is 30.3 Å². The molecule has 2 aromatic rings. The van der Waals surface area contributed by atoms with Crippen LogP contribution in [0.2, 0.25) is 5.02 Å². The van der Waals surface area contributed by atoms with E-state index in [0.29, 0.717) is 5.92 Å². The Morgan fingerprint density at radius 1 is 1.30 bits per heavy atom. The van der Waals surface area contributed by atoms with Gasteiger partial charge in [-0.1, -0.05) is 11.6 Å². The molecule has 1 aliphatic heterocycles. The van der Waals surface area contributed by atoms with Gasteiger partial charge in [-0.3, -0.25) is 0 Å². The third kappa shape index (κ3) is 2.60. The van der Waals surface area contributed by atoms with E-state index in [0.717, 1.165) is 41.3 Å².